The van der Waals surface area contributed by atoms with Gasteiger partial charge in [0.15, 0.2) is 11.5 Å². The Morgan fingerprint density at radius 1 is 1.04 bits per heavy atom. The molecular weight excluding hydrogens is 358 g/mol. The average molecular weight is 385 g/mol. The molecule has 0 aliphatic carbocycles. The number of nitrogens with zero attached hydrogens (tertiary/aromatic N) is 1. The van der Waals surface area contributed by atoms with Gasteiger partial charge in [0.05, 0.1) is 32.5 Å². The van der Waals surface area contributed by atoms with Crippen LogP contribution in [0.4, 0.5) is 0 Å². The number of carbonyl (C=O) groups excluding carboxylic acids is 1. The molecule has 0 saturated heterocycles. The summed E-state index contributed by atoms with van der Waals surface area (Å²) in [5.74, 6) is 0.339. The summed E-state index contributed by atoms with van der Waals surface area (Å²) in [6.45, 7) is 4.30. The fourth-order valence-corrected chi connectivity index (χ4v) is 2.77. The summed E-state index contributed by atoms with van der Waals surface area (Å²) in [4.78, 5) is 18.0. The summed E-state index contributed by atoms with van der Waals surface area (Å²) in [6, 6.07) is 15.2. The van der Waals surface area contributed by atoms with Crippen molar-refractivity contribution in [3.05, 3.63) is 59.7 Å². The van der Waals surface area contributed by atoms with E-state index in [2.05, 4.69) is 5.16 Å². The maximum Gasteiger partial charge on any atom is 0.313 e. The molecule has 0 aromatic heterocycles. The number of benzene rings is 2. The van der Waals surface area contributed by atoms with Crippen molar-refractivity contribution in [1.82, 2.24) is 0 Å². The molecule has 6 nitrogen and oxygen atoms in total. The lowest BCUT2D eigenvalue weighted by atomic mass is 9.93. The van der Waals surface area contributed by atoms with Gasteiger partial charge in [0.2, 0.25) is 0 Å². The van der Waals surface area contributed by atoms with Gasteiger partial charge in [0.25, 0.3) is 0 Å². The molecule has 0 amide bonds. The van der Waals surface area contributed by atoms with Crippen LogP contribution in [-0.2, 0) is 21.0 Å². The monoisotopic (exact) mass is 385 g/mol. The summed E-state index contributed by atoms with van der Waals surface area (Å²) in [7, 11) is 3.13. The third kappa shape index (κ3) is 6.01. The van der Waals surface area contributed by atoms with E-state index in [1.807, 2.05) is 43.3 Å². The first kappa shape index (κ1) is 21.3. The predicted octanol–water partition coefficient (Wildman–Crippen LogP) is 4.33. The van der Waals surface area contributed by atoms with Crippen molar-refractivity contribution in [1.29, 1.82) is 0 Å². The highest BCUT2D eigenvalue weighted by Crippen LogP contribution is 2.32. The average Bonchev–Trinajstić information content (AvgIpc) is 2.72. The Morgan fingerprint density at radius 2 is 1.75 bits per heavy atom. The van der Waals surface area contributed by atoms with Crippen LogP contribution >= 0.6 is 0 Å². The molecule has 6 heteroatoms. The number of rotatable bonds is 10. The van der Waals surface area contributed by atoms with E-state index in [0.717, 1.165) is 11.1 Å². The predicted molar refractivity (Wildman–Crippen MR) is 108 cm³/mol. The highest BCUT2D eigenvalue weighted by Gasteiger charge is 2.24. The van der Waals surface area contributed by atoms with E-state index in [1.165, 1.54) is 0 Å². The number of methoxy groups -OCH3 is 2. The molecule has 0 heterocycles. The Labute approximate surface area is 166 Å². The molecule has 2 aromatic rings. The first-order chi connectivity index (χ1) is 13.6. The smallest absolute Gasteiger partial charge is 0.313 e. The molecule has 0 radical (unpaired) electrons. The SMILES string of the molecule is CCOC(=O)C(C/C(C)=N/OCc1ccccc1)c1ccc(OC)c(OC)c1. The van der Waals surface area contributed by atoms with Gasteiger partial charge in [-0.25, -0.2) is 0 Å². The van der Waals surface area contributed by atoms with Crippen LogP contribution in [0.1, 0.15) is 37.3 Å². The summed E-state index contributed by atoms with van der Waals surface area (Å²) in [5.41, 5.74) is 2.50. The molecule has 150 valence electrons. The highest BCUT2D eigenvalue weighted by molar-refractivity contribution is 5.89. The zero-order valence-corrected chi connectivity index (χ0v) is 16.8. The van der Waals surface area contributed by atoms with Crippen LogP contribution in [0.15, 0.2) is 53.7 Å². The molecule has 28 heavy (non-hydrogen) atoms. The maximum atomic E-state index is 12.5. The molecule has 2 rings (SSSR count). The van der Waals surface area contributed by atoms with Gasteiger partial charge in [-0.05, 0) is 37.1 Å². The minimum atomic E-state index is -0.510. The van der Waals surface area contributed by atoms with E-state index in [1.54, 1.807) is 33.3 Å². The van der Waals surface area contributed by atoms with Gasteiger partial charge >= 0.3 is 5.97 Å². The minimum absolute atomic E-state index is 0.309. The number of hydrogen-bond donors (Lipinski definition) is 0. The highest BCUT2D eigenvalue weighted by atomic mass is 16.6. The van der Waals surface area contributed by atoms with Crippen molar-refractivity contribution in [3.63, 3.8) is 0 Å². The molecule has 0 bridgehead atoms. The first-order valence-corrected chi connectivity index (χ1v) is 9.17. The van der Waals surface area contributed by atoms with Crippen molar-refractivity contribution in [2.45, 2.75) is 32.8 Å². The largest absolute Gasteiger partial charge is 0.493 e. The minimum Gasteiger partial charge on any atom is -0.493 e. The summed E-state index contributed by atoms with van der Waals surface area (Å²) in [5, 5.41) is 4.16. The first-order valence-electron chi connectivity index (χ1n) is 9.17. The zero-order valence-electron chi connectivity index (χ0n) is 16.8. The van der Waals surface area contributed by atoms with Gasteiger partial charge in [-0.3, -0.25) is 4.79 Å². The molecule has 1 atom stereocenters. The van der Waals surface area contributed by atoms with E-state index in [0.29, 0.717) is 36.8 Å². The molecule has 0 aliphatic heterocycles. The lowest BCUT2D eigenvalue weighted by Gasteiger charge is -2.17. The van der Waals surface area contributed by atoms with Crippen LogP contribution in [0.25, 0.3) is 0 Å². The van der Waals surface area contributed by atoms with Gasteiger partial charge in [-0.1, -0.05) is 41.6 Å². The summed E-state index contributed by atoms with van der Waals surface area (Å²) < 4.78 is 15.9. The van der Waals surface area contributed by atoms with Crippen LogP contribution < -0.4 is 9.47 Å². The number of ether oxygens (including phenoxy) is 3. The molecular formula is C22H27NO5. The number of esters is 1. The lowest BCUT2D eigenvalue weighted by molar-refractivity contribution is -0.144. The normalized spacial score (nSPS) is 12.2. The topological polar surface area (TPSA) is 66.4 Å². The van der Waals surface area contributed by atoms with Crippen molar-refractivity contribution in [2.24, 2.45) is 5.16 Å². The number of hydrogen-bond acceptors (Lipinski definition) is 6. The second-order valence-electron chi connectivity index (χ2n) is 6.21. The van der Waals surface area contributed by atoms with Crippen molar-refractivity contribution >= 4 is 11.7 Å². The molecule has 1 unspecified atom stereocenters. The van der Waals surface area contributed by atoms with Gasteiger partial charge in [-0.2, -0.15) is 0 Å². The van der Waals surface area contributed by atoms with E-state index in [4.69, 9.17) is 19.0 Å². The Morgan fingerprint density at radius 3 is 2.39 bits per heavy atom. The molecule has 0 fully saturated rings. The third-order valence-corrected chi connectivity index (χ3v) is 4.18. The molecule has 0 spiro atoms. The van der Waals surface area contributed by atoms with Gasteiger partial charge in [0, 0.05) is 6.42 Å². The number of oxime groups is 1. The maximum absolute atomic E-state index is 12.5. The molecule has 2 aromatic carbocycles. The van der Waals surface area contributed by atoms with Gasteiger partial charge < -0.3 is 19.0 Å². The van der Waals surface area contributed by atoms with Gasteiger partial charge in [0.1, 0.15) is 6.61 Å². The van der Waals surface area contributed by atoms with E-state index in [-0.39, 0.29) is 5.97 Å². The van der Waals surface area contributed by atoms with Crippen LogP contribution in [0.2, 0.25) is 0 Å². The fraction of sp³-hybridized carbons (Fsp3) is 0.364. The zero-order chi connectivity index (χ0) is 20.4. The summed E-state index contributed by atoms with van der Waals surface area (Å²) in [6.07, 6.45) is 0.378. The molecule has 0 N–H and O–H groups in total. The summed E-state index contributed by atoms with van der Waals surface area (Å²) >= 11 is 0. The fourth-order valence-electron chi connectivity index (χ4n) is 2.77. The lowest BCUT2D eigenvalue weighted by Crippen LogP contribution is -2.19. The number of carbonyl (C=O) groups is 1. The quantitative estimate of drug-likeness (QED) is 0.346. The third-order valence-electron chi connectivity index (χ3n) is 4.18. The Kier molecular flexibility index (Phi) is 8.34. The van der Waals surface area contributed by atoms with Crippen molar-refractivity contribution in [2.75, 3.05) is 20.8 Å². The van der Waals surface area contributed by atoms with Crippen LogP contribution in [0.3, 0.4) is 0 Å². The van der Waals surface area contributed by atoms with Crippen LogP contribution in [0.5, 0.6) is 11.5 Å². The van der Waals surface area contributed by atoms with Crippen LogP contribution in [-0.4, -0.2) is 32.5 Å². The second-order valence-corrected chi connectivity index (χ2v) is 6.21. The molecule has 0 saturated carbocycles. The Hall–Kier alpha value is -3.02. The van der Waals surface area contributed by atoms with Gasteiger partial charge in [-0.15, -0.1) is 0 Å². The molecule has 0 aliphatic rings. The van der Waals surface area contributed by atoms with Crippen molar-refractivity contribution < 1.29 is 23.8 Å². The van der Waals surface area contributed by atoms with E-state index >= 15 is 0 Å². The Bertz CT molecular complexity index is 789. The van der Waals surface area contributed by atoms with E-state index < -0.39 is 5.92 Å². The second kappa shape index (κ2) is 11.0. The van der Waals surface area contributed by atoms with E-state index in [9.17, 15) is 4.79 Å². The Balaban J connectivity index is 2.14. The standard InChI is InChI=1S/C22H27NO5/c1-5-27-22(24)19(18-11-12-20(25-3)21(14-18)26-4)13-16(2)23-28-15-17-9-7-6-8-10-17/h6-12,14,19H,5,13,15H2,1-4H3/b23-16+. The van der Waals surface area contributed by atoms with Crippen molar-refractivity contribution in [3.8, 4) is 11.5 Å². The van der Waals surface area contributed by atoms with Crippen LogP contribution in [0, 0.1) is 0 Å².